The lowest BCUT2D eigenvalue weighted by atomic mass is 10.1. The maximum absolute atomic E-state index is 12.1. The standard InChI is InChI=1S/C22H28N4O/c1-2-23-21(27)19-11-9-10-18(16-19)17-24-22(26-14-7-4-8-15-26)25-20-12-5-3-6-13-20/h3,5-6,9-13,16H,2,4,7-8,14-15,17H2,1H3,(H,23,27)(H,24,25). The Hall–Kier alpha value is -2.82. The molecule has 0 bridgehead atoms. The molecule has 0 aliphatic carbocycles. The quantitative estimate of drug-likeness (QED) is 0.625. The van der Waals surface area contributed by atoms with Crippen LogP contribution in [0.4, 0.5) is 5.69 Å². The lowest BCUT2D eigenvalue weighted by molar-refractivity contribution is 0.0955. The molecule has 0 atom stereocenters. The van der Waals surface area contributed by atoms with E-state index in [0.717, 1.165) is 30.3 Å². The number of benzene rings is 2. The third-order valence-corrected chi connectivity index (χ3v) is 4.62. The normalized spacial score (nSPS) is 14.7. The molecule has 1 fully saturated rings. The zero-order chi connectivity index (χ0) is 18.9. The van der Waals surface area contributed by atoms with E-state index in [1.807, 2.05) is 49.4 Å². The smallest absolute Gasteiger partial charge is 0.251 e. The molecule has 0 unspecified atom stereocenters. The molecule has 2 aromatic carbocycles. The van der Waals surface area contributed by atoms with E-state index in [4.69, 9.17) is 4.99 Å². The molecule has 5 nitrogen and oxygen atoms in total. The van der Waals surface area contributed by atoms with Gasteiger partial charge in [0.2, 0.25) is 0 Å². The first-order valence-corrected chi connectivity index (χ1v) is 9.75. The first kappa shape index (κ1) is 19.0. The number of amides is 1. The van der Waals surface area contributed by atoms with Gasteiger partial charge in [-0.2, -0.15) is 0 Å². The molecule has 0 saturated carbocycles. The Morgan fingerprint density at radius 2 is 1.81 bits per heavy atom. The highest BCUT2D eigenvalue weighted by Crippen LogP contribution is 2.14. The van der Waals surface area contributed by atoms with Gasteiger partial charge in [-0.05, 0) is 56.0 Å². The maximum atomic E-state index is 12.1. The summed E-state index contributed by atoms with van der Waals surface area (Å²) in [6.45, 7) is 5.14. The van der Waals surface area contributed by atoms with Crippen molar-refractivity contribution in [3.8, 4) is 0 Å². The first-order valence-electron chi connectivity index (χ1n) is 9.75. The molecular weight excluding hydrogens is 336 g/mol. The van der Waals surface area contributed by atoms with Gasteiger partial charge in [-0.1, -0.05) is 30.3 Å². The Balaban J connectivity index is 1.76. The van der Waals surface area contributed by atoms with Gasteiger partial charge >= 0.3 is 0 Å². The summed E-state index contributed by atoms with van der Waals surface area (Å²) >= 11 is 0. The molecule has 1 amide bonds. The molecule has 0 aromatic heterocycles. The minimum atomic E-state index is -0.0398. The van der Waals surface area contributed by atoms with Gasteiger partial charge in [0.25, 0.3) is 5.91 Å². The van der Waals surface area contributed by atoms with E-state index < -0.39 is 0 Å². The maximum Gasteiger partial charge on any atom is 0.251 e. The highest BCUT2D eigenvalue weighted by atomic mass is 16.1. The van der Waals surface area contributed by atoms with Gasteiger partial charge in [-0.15, -0.1) is 0 Å². The largest absolute Gasteiger partial charge is 0.352 e. The molecular formula is C22H28N4O. The second kappa shape index (κ2) is 9.76. The number of hydrogen-bond donors (Lipinski definition) is 2. The zero-order valence-corrected chi connectivity index (χ0v) is 15.9. The molecule has 27 heavy (non-hydrogen) atoms. The Morgan fingerprint density at radius 3 is 2.56 bits per heavy atom. The summed E-state index contributed by atoms with van der Waals surface area (Å²) in [7, 11) is 0. The van der Waals surface area contributed by atoms with Gasteiger partial charge in [-0.25, -0.2) is 4.99 Å². The first-order chi connectivity index (χ1) is 13.3. The number of hydrogen-bond acceptors (Lipinski definition) is 2. The number of nitrogens with one attached hydrogen (secondary N) is 2. The molecule has 1 heterocycles. The number of para-hydroxylation sites is 1. The fourth-order valence-corrected chi connectivity index (χ4v) is 3.21. The van der Waals surface area contributed by atoms with Crippen LogP contribution in [0.25, 0.3) is 0 Å². The van der Waals surface area contributed by atoms with Crippen molar-refractivity contribution in [2.45, 2.75) is 32.7 Å². The molecule has 0 radical (unpaired) electrons. The van der Waals surface area contributed by atoms with Crippen LogP contribution in [-0.2, 0) is 6.54 Å². The number of carbonyl (C=O) groups excluding carboxylic acids is 1. The van der Waals surface area contributed by atoms with E-state index in [1.54, 1.807) is 0 Å². The van der Waals surface area contributed by atoms with Gasteiger partial charge in [0.15, 0.2) is 5.96 Å². The molecule has 3 rings (SSSR count). The number of anilines is 1. The predicted molar refractivity (Wildman–Crippen MR) is 111 cm³/mol. The third-order valence-electron chi connectivity index (χ3n) is 4.62. The number of carbonyl (C=O) groups is 1. The summed E-state index contributed by atoms with van der Waals surface area (Å²) < 4.78 is 0. The van der Waals surface area contributed by atoms with Crippen molar-refractivity contribution in [3.05, 3.63) is 65.7 Å². The molecule has 0 spiro atoms. The zero-order valence-electron chi connectivity index (χ0n) is 15.9. The second-order valence-electron chi connectivity index (χ2n) is 6.74. The molecule has 1 aliphatic heterocycles. The average Bonchev–Trinajstić information content (AvgIpc) is 2.73. The Kier molecular flexibility index (Phi) is 6.85. The highest BCUT2D eigenvalue weighted by Gasteiger charge is 2.15. The SMILES string of the molecule is CCNC(=O)c1cccc(CN=C(Nc2ccccc2)N2CCCCC2)c1. The van der Waals surface area contributed by atoms with E-state index in [9.17, 15) is 4.79 Å². The Bertz CT molecular complexity index is 767. The van der Waals surface area contributed by atoms with Gasteiger partial charge < -0.3 is 15.5 Å². The van der Waals surface area contributed by atoms with E-state index in [-0.39, 0.29) is 5.91 Å². The average molecular weight is 364 g/mol. The van der Waals surface area contributed by atoms with Crippen LogP contribution >= 0.6 is 0 Å². The summed E-state index contributed by atoms with van der Waals surface area (Å²) in [6.07, 6.45) is 3.67. The van der Waals surface area contributed by atoms with Crippen molar-refractivity contribution in [2.24, 2.45) is 4.99 Å². The molecule has 142 valence electrons. The van der Waals surface area contributed by atoms with Crippen molar-refractivity contribution in [2.75, 3.05) is 25.0 Å². The van der Waals surface area contributed by atoms with Crippen LogP contribution in [0.2, 0.25) is 0 Å². The monoisotopic (exact) mass is 364 g/mol. The number of rotatable bonds is 5. The number of aliphatic imine (C=N–C) groups is 1. The molecule has 2 N–H and O–H groups in total. The van der Waals surface area contributed by atoms with Crippen LogP contribution in [-0.4, -0.2) is 36.4 Å². The topological polar surface area (TPSA) is 56.7 Å². The van der Waals surface area contributed by atoms with Crippen LogP contribution in [0.5, 0.6) is 0 Å². The van der Waals surface area contributed by atoms with Crippen molar-refractivity contribution in [1.82, 2.24) is 10.2 Å². The van der Waals surface area contributed by atoms with E-state index in [1.165, 1.54) is 19.3 Å². The fraction of sp³-hybridized carbons (Fsp3) is 0.364. The minimum absolute atomic E-state index is 0.0398. The van der Waals surface area contributed by atoms with Gasteiger partial charge in [-0.3, -0.25) is 4.79 Å². The summed E-state index contributed by atoms with van der Waals surface area (Å²) in [5, 5.41) is 6.32. The number of piperidine rings is 1. The summed E-state index contributed by atoms with van der Waals surface area (Å²) in [5.41, 5.74) is 2.75. The van der Waals surface area contributed by atoms with Crippen molar-refractivity contribution in [3.63, 3.8) is 0 Å². The Morgan fingerprint density at radius 1 is 1.04 bits per heavy atom. The summed E-state index contributed by atoms with van der Waals surface area (Å²) in [4.78, 5) is 19.2. The van der Waals surface area contributed by atoms with Crippen LogP contribution in [0, 0.1) is 0 Å². The van der Waals surface area contributed by atoms with E-state index in [0.29, 0.717) is 18.7 Å². The van der Waals surface area contributed by atoms with Crippen LogP contribution < -0.4 is 10.6 Å². The van der Waals surface area contributed by atoms with Gasteiger partial charge in [0.05, 0.1) is 6.54 Å². The number of likely N-dealkylation sites (tertiary alicyclic amines) is 1. The molecule has 1 aliphatic rings. The molecule has 5 heteroatoms. The molecule has 1 saturated heterocycles. The second-order valence-corrected chi connectivity index (χ2v) is 6.74. The van der Waals surface area contributed by atoms with E-state index >= 15 is 0 Å². The van der Waals surface area contributed by atoms with Crippen LogP contribution in [0.3, 0.4) is 0 Å². The Labute approximate surface area is 161 Å². The number of nitrogens with zero attached hydrogens (tertiary/aromatic N) is 2. The van der Waals surface area contributed by atoms with Crippen LogP contribution in [0.15, 0.2) is 59.6 Å². The van der Waals surface area contributed by atoms with Crippen molar-refractivity contribution >= 4 is 17.6 Å². The van der Waals surface area contributed by atoms with Crippen LogP contribution in [0.1, 0.15) is 42.1 Å². The predicted octanol–water partition coefficient (Wildman–Crippen LogP) is 3.89. The molecule has 2 aromatic rings. The van der Waals surface area contributed by atoms with Crippen molar-refractivity contribution in [1.29, 1.82) is 0 Å². The minimum Gasteiger partial charge on any atom is -0.352 e. The van der Waals surface area contributed by atoms with E-state index in [2.05, 4.69) is 27.7 Å². The number of guanidine groups is 1. The van der Waals surface area contributed by atoms with Gasteiger partial charge in [0.1, 0.15) is 0 Å². The lowest BCUT2D eigenvalue weighted by Gasteiger charge is -2.30. The van der Waals surface area contributed by atoms with Gasteiger partial charge in [0, 0.05) is 30.9 Å². The lowest BCUT2D eigenvalue weighted by Crippen LogP contribution is -2.40. The summed E-state index contributed by atoms with van der Waals surface area (Å²) in [5.74, 6) is 0.867. The summed E-state index contributed by atoms with van der Waals surface area (Å²) in [6, 6.07) is 17.8. The third kappa shape index (κ3) is 5.58. The van der Waals surface area contributed by atoms with Crippen molar-refractivity contribution < 1.29 is 4.79 Å². The highest BCUT2D eigenvalue weighted by molar-refractivity contribution is 5.95. The fourth-order valence-electron chi connectivity index (χ4n) is 3.21.